The Labute approximate surface area is 133 Å². The van der Waals surface area contributed by atoms with Gasteiger partial charge in [-0.2, -0.15) is 0 Å². The molecule has 1 unspecified atom stereocenters. The van der Waals surface area contributed by atoms with Crippen molar-refractivity contribution in [1.29, 1.82) is 0 Å². The summed E-state index contributed by atoms with van der Waals surface area (Å²) in [6, 6.07) is 15.1. The van der Waals surface area contributed by atoms with E-state index < -0.39 is 11.2 Å². The van der Waals surface area contributed by atoms with Crippen LogP contribution in [0.25, 0.3) is 0 Å². The van der Waals surface area contributed by atoms with Crippen LogP contribution in [0, 0.1) is 0 Å². The first-order valence-corrected chi connectivity index (χ1v) is 8.67. The molecule has 1 heterocycles. The molecule has 1 aromatic carbocycles. The Morgan fingerprint density at radius 2 is 1.91 bits per heavy atom. The van der Waals surface area contributed by atoms with Gasteiger partial charge < -0.3 is 9.29 Å². The molecule has 4 nitrogen and oxygen atoms in total. The van der Waals surface area contributed by atoms with Gasteiger partial charge in [0.1, 0.15) is 18.1 Å². The average Bonchev–Trinajstić information content (AvgIpc) is 2.55. The Bertz CT molecular complexity index is 563. The Morgan fingerprint density at radius 3 is 2.64 bits per heavy atom. The molecular weight excluding hydrogens is 298 g/mol. The number of esters is 1. The Morgan fingerprint density at radius 1 is 1.14 bits per heavy atom. The number of nitrogens with zero attached hydrogens (tertiary/aromatic N) is 1. The Kier molecular flexibility index (Phi) is 6.93. The number of hydrogen-bond acceptors (Lipinski definition) is 4. The van der Waals surface area contributed by atoms with E-state index in [1.807, 2.05) is 48.5 Å². The highest BCUT2D eigenvalue weighted by atomic mass is 32.2. The molecule has 0 aliphatic heterocycles. The molecule has 0 aliphatic rings. The van der Waals surface area contributed by atoms with Gasteiger partial charge in [-0.15, -0.1) is 0 Å². The van der Waals surface area contributed by atoms with Crippen LogP contribution in [0.4, 0.5) is 0 Å². The van der Waals surface area contributed by atoms with Gasteiger partial charge in [-0.3, -0.25) is 9.78 Å². The minimum absolute atomic E-state index is 0.251. The van der Waals surface area contributed by atoms with Gasteiger partial charge in [-0.25, -0.2) is 0 Å². The standard InChI is InChI=1S/C17H19NO3S/c19-17(21-13-15-7-2-1-3-8-15)10-6-12-22(20)14-16-9-4-5-11-18-16/h1-5,7-9,11H,6,10,12-14H2. The molecule has 2 aromatic rings. The van der Waals surface area contributed by atoms with Crippen LogP contribution in [-0.2, 0) is 33.1 Å². The normalized spacial score (nSPS) is 11.9. The van der Waals surface area contributed by atoms with E-state index in [4.69, 9.17) is 4.74 Å². The zero-order chi connectivity index (χ0) is 15.6. The third kappa shape index (κ3) is 6.28. The van der Waals surface area contributed by atoms with E-state index in [9.17, 15) is 9.35 Å². The second-order valence-corrected chi connectivity index (χ2v) is 6.44. The molecule has 0 amide bonds. The zero-order valence-electron chi connectivity index (χ0n) is 12.3. The quantitative estimate of drug-likeness (QED) is 0.555. The maximum atomic E-state index is 11.9. The largest absolute Gasteiger partial charge is 0.616 e. The number of aromatic nitrogens is 1. The number of ether oxygens (including phenoxy) is 1. The second kappa shape index (κ2) is 9.23. The van der Waals surface area contributed by atoms with Crippen LogP contribution in [-0.4, -0.2) is 21.3 Å². The first-order chi connectivity index (χ1) is 10.7. The molecule has 2 rings (SSSR count). The van der Waals surface area contributed by atoms with Crippen molar-refractivity contribution >= 4 is 17.1 Å². The fraction of sp³-hybridized carbons (Fsp3) is 0.294. The predicted molar refractivity (Wildman–Crippen MR) is 86.4 cm³/mol. The first-order valence-electron chi connectivity index (χ1n) is 7.18. The Balaban J connectivity index is 1.60. The van der Waals surface area contributed by atoms with Crippen LogP contribution >= 0.6 is 0 Å². The van der Waals surface area contributed by atoms with Crippen molar-refractivity contribution in [3.63, 3.8) is 0 Å². The van der Waals surface area contributed by atoms with Crippen molar-refractivity contribution in [3.05, 3.63) is 66.0 Å². The number of rotatable bonds is 8. The molecule has 0 saturated carbocycles. The summed E-state index contributed by atoms with van der Waals surface area (Å²) in [5, 5.41) is 0. The monoisotopic (exact) mass is 317 g/mol. The van der Waals surface area contributed by atoms with Gasteiger partial charge in [0.2, 0.25) is 0 Å². The number of carbonyl (C=O) groups excluding carboxylic acids is 1. The smallest absolute Gasteiger partial charge is 0.306 e. The first kappa shape index (κ1) is 16.5. The highest BCUT2D eigenvalue weighted by molar-refractivity contribution is 7.90. The lowest BCUT2D eigenvalue weighted by Crippen LogP contribution is -2.12. The average molecular weight is 317 g/mol. The summed E-state index contributed by atoms with van der Waals surface area (Å²) in [6.07, 6.45) is 2.54. The fourth-order valence-electron chi connectivity index (χ4n) is 1.91. The number of pyridine rings is 1. The molecule has 0 bridgehead atoms. The third-order valence-corrected chi connectivity index (χ3v) is 4.39. The molecule has 22 heavy (non-hydrogen) atoms. The van der Waals surface area contributed by atoms with Crippen LogP contribution in [0.2, 0.25) is 0 Å². The summed E-state index contributed by atoms with van der Waals surface area (Å²) < 4.78 is 17.1. The van der Waals surface area contributed by atoms with E-state index in [1.165, 1.54) is 0 Å². The number of benzene rings is 1. The third-order valence-electron chi connectivity index (χ3n) is 3.03. The molecule has 0 radical (unpaired) electrons. The molecule has 5 heteroatoms. The summed E-state index contributed by atoms with van der Waals surface area (Å²) >= 11 is -0.998. The van der Waals surface area contributed by atoms with Crippen molar-refractivity contribution in [2.45, 2.75) is 25.2 Å². The van der Waals surface area contributed by atoms with E-state index in [-0.39, 0.29) is 12.6 Å². The van der Waals surface area contributed by atoms with Gasteiger partial charge in [-0.1, -0.05) is 36.4 Å². The summed E-state index contributed by atoms with van der Waals surface area (Å²) in [7, 11) is 0. The molecular formula is C17H19NO3S. The Hall–Kier alpha value is -1.85. The van der Waals surface area contributed by atoms with Crippen LogP contribution in [0.1, 0.15) is 24.1 Å². The summed E-state index contributed by atoms with van der Waals surface area (Å²) in [4.78, 5) is 15.8. The van der Waals surface area contributed by atoms with E-state index >= 15 is 0 Å². The summed E-state index contributed by atoms with van der Waals surface area (Å²) in [5.41, 5.74) is 1.78. The lowest BCUT2D eigenvalue weighted by atomic mass is 10.2. The molecule has 0 saturated heterocycles. The minimum atomic E-state index is -0.998. The van der Waals surface area contributed by atoms with Crippen LogP contribution in [0.3, 0.4) is 0 Å². The van der Waals surface area contributed by atoms with Gasteiger partial charge in [0.05, 0.1) is 5.69 Å². The minimum Gasteiger partial charge on any atom is -0.616 e. The van der Waals surface area contributed by atoms with Crippen molar-refractivity contribution in [3.8, 4) is 0 Å². The topological polar surface area (TPSA) is 62.2 Å². The van der Waals surface area contributed by atoms with Crippen LogP contribution < -0.4 is 0 Å². The van der Waals surface area contributed by atoms with Gasteiger partial charge in [-0.05, 0) is 28.9 Å². The van der Waals surface area contributed by atoms with Crippen molar-refractivity contribution in [1.82, 2.24) is 4.98 Å². The zero-order valence-corrected chi connectivity index (χ0v) is 13.1. The molecule has 0 spiro atoms. The van der Waals surface area contributed by atoms with Crippen molar-refractivity contribution in [2.24, 2.45) is 0 Å². The lowest BCUT2D eigenvalue weighted by molar-refractivity contribution is -0.144. The molecule has 0 aliphatic carbocycles. The van der Waals surface area contributed by atoms with Gasteiger partial charge >= 0.3 is 5.97 Å². The summed E-state index contributed by atoms with van der Waals surface area (Å²) in [6.45, 7) is 0.288. The maximum absolute atomic E-state index is 11.9. The number of carbonyl (C=O) groups is 1. The molecule has 1 aromatic heterocycles. The molecule has 0 N–H and O–H groups in total. The lowest BCUT2D eigenvalue weighted by Gasteiger charge is -2.10. The fourth-order valence-corrected chi connectivity index (χ4v) is 3.02. The van der Waals surface area contributed by atoms with E-state index in [0.29, 0.717) is 24.3 Å². The van der Waals surface area contributed by atoms with Gasteiger partial charge in [0.15, 0.2) is 0 Å². The molecule has 0 fully saturated rings. The van der Waals surface area contributed by atoms with Crippen LogP contribution in [0.5, 0.6) is 0 Å². The van der Waals surface area contributed by atoms with Crippen molar-refractivity contribution < 1.29 is 14.1 Å². The molecule has 116 valence electrons. The van der Waals surface area contributed by atoms with E-state index in [2.05, 4.69) is 4.98 Å². The van der Waals surface area contributed by atoms with E-state index in [0.717, 1.165) is 11.3 Å². The maximum Gasteiger partial charge on any atom is 0.306 e. The second-order valence-electron chi connectivity index (χ2n) is 4.86. The molecule has 1 atom stereocenters. The van der Waals surface area contributed by atoms with Crippen molar-refractivity contribution in [2.75, 3.05) is 5.75 Å². The highest BCUT2D eigenvalue weighted by Crippen LogP contribution is 2.07. The highest BCUT2D eigenvalue weighted by Gasteiger charge is 2.11. The number of hydrogen-bond donors (Lipinski definition) is 0. The SMILES string of the molecule is O=C(CCC[S+]([O-])Cc1ccccn1)OCc1ccccc1. The predicted octanol–water partition coefficient (Wildman–Crippen LogP) is 2.85. The summed E-state index contributed by atoms with van der Waals surface area (Å²) in [5.74, 6) is 0.662. The van der Waals surface area contributed by atoms with Gasteiger partial charge in [0, 0.05) is 19.0 Å². The van der Waals surface area contributed by atoms with Gasteiger partial charge in [0.25, 0.3) is 0 Å². The van der Waals surface area contributed by atoms with E-state index in [1.54, 1.807) is 6.20 Å². The van der Waals surface area contributed by atoms with Crippen LogP contribution in [0.15, 0.2) is 54.7 Å².